The highest BCUT2D eigenvalue weighted by Gasteiger charge is 2.21. The lowest BCUT2D eigenvalue weighted by atomic mass is 9.83. The van der Waals surface area contributed by atoms with E-state index in [0.717, 1.165) is 249 Å². The van der Waals surface area contributed by atoms with E-state index in [-0.39, 0.29) is 48.0 Å². The highest BCUT2D eigenvalue weighted by Crippen LogP contribution is 2.32. The predicted octanol–water partition coefficient (Wildman–Crippen LogP) is 30.0. The number of carbonyl (C=O) groups is 6. The second-order valence-electron chi connectivity index (χ2n) is 37.7. The summed E-state index contributed by atoms with van der Waals surface area (Å²) in [6.07, 6.45) is 78.2. The van der Waals surface area contributed by atoms with Crippen LogP contribution in [-0.4, -0.2) is 126 Å². The fourth-order valence-electron chi connectivity index (χ4n) is 17.5. The van der Waals surface area contributed by atoms with Gasteiger partial charge in [0, 0.05) is 38.5 Å². The van der Waals surface area contributed by atoms with Gasteiger partial charge in [-0.3, -0.25) is 28.8 Å². The Bertz CT molecular complexity index is 2190. The van der Waals surface area contributed by atoms with Gasteiger partial charge in [0.15, 0.2) is 0 Å². The third kappa shape index (κ3) is 79.9. The fourth-order valence-corrected chi connectivity index (χ4v) is 17.5. The molecule has 6 unspecified atom stereocenters. The standard InChI is InChI=1S/C104H200N2O12/c1-13-19-37-63-93(64-38-20-14-2)69-51-53-87-113-99(107)79-47-33-25-29-43-75-97(117-103(111)83-57-85-105(9)10)76-44-30-26-34-48-80-100(108)114-88-54-52-70-94(65-39-21-15-3)71-55-61-91(7)92(8)62-56-72-96(68-42-24-18-6)74-60-90-116-102(110)82-50-36-28-32-46-78-98(118-104(112)84-58-86-106(11)12)77-45-31-27-35-49-81-101(109)115-89-59-73-95(66-40-22-16-4)67-41-23-17-5/h91-98H,13-90H2,1-12H3. The van der Waals surface area contributed by atoms with E-state index in [4.69, 9.17) is 28.4 Å². The van der Waals surface area contributed by atoms with Crippen LogP contribution in [0.25, 0.3) is 0 Å². The van der Waals surface area contributed by atoms with E-state index in [0.29, 0.717) is 76.8 Å². The van der Waals surface area contributed by atoms with Gasteiger partial charge in [-0.2, -0.15) is 0 Å². The van der Waals surface area contributed by atoms with Crippen molar-refractivity contribution in [1.82, 2.24) is 9.80 Å². The Hall–Kier alpha value is -3.26. The molecule has 0 saturated carbocycles. The van der Waals surface area contributed by atoms with Crippen molar-refractivity contribution < 1.29 is 57.2 Å². The van der Waals surface area contributed by atoms with Gasteiger partial charge in [-0.25, -0.2) is 0 Å². The number of unbranched alkanes of at least 4 members (excludes halogenated alkanes) is 30. The SMILES string of the molecule is CCCCCC(CCCCC)CCCCOC(=O)CCCCCCCC(CCCCCCCC(=O)OCCCCC(CCCCC)CCCC(C)C(C)CCCC(CCCCC)CCCOC(=O)CCCCCCCC(CCCCCCCC(=O)OCCCC(CCCCC)CCCCC)OC(=O)CCCN(C)C)OC(=O)CCCN(C)C. The lowest BCUT2D eigenvalue weighted by Gasteiger charge is -2.23. The van der Waals surface area contributed by atoms with Crippen molar-refractivity contribution in [2.75, 3.05) is 67.7 Å². The summed E-state index contributed by atoms with van der Waals surface area (Å²) in [7, 11) is 8.14. The normalized spacial score (nSPS) is 13.3. The molecule has 0 heterocycles. The molecule has 0 aliphatic rings. The van der Waals surface area contributed by atoms with E-state index in [1.165, 1.54) is 212 Å². The molecule has 0 rings (SSSR count). The lowest BCUT2D eigenvalue weighted by molar-refractivity contribution is -0.151. The second-order valence-corrected chi connectivity index (χ2v) is 37.7. The molecular weight excluding hydrogens is 1470 g/mol. The molecule has 0 bridgehead atoms. The van der Waals surface area contributed by atoms with E-state index < -0.39 is 0 Å². The smallest absolute Gasteiger partial charge is 0.306 e. The molecule has 0 fully saturated rings. The average Bonchev–Trinajstić information content (AvgIpc) is 0.985. The van der Waals surface area contributed by atoms with Gasteiger partial charge in [0.05, 0.1) is 26.4 Å². The summed E-state index contributed by atoms with van der Waals surface area (Å²) in [5, 5.41) is 0. The van der Waals surface area contributed by atoms with Gasteiger partial charge in [-0.15, -0.1) is 0 Å². The zero-order valence-electron chi connectivity index (χ0n) is 80.6. The monoisotopic (exact) mass is 1670 g/mol. The van der Waals surface area contributed by atoms with E-state index in [1.807, 2.05) is 28.2 Å². The molecule has 6 atom stereocenters. The van der Waals surface area contributed by atoms with Crippen LogP contribution in [0.2, 0.25) is 0 Å². The van der Waals surface area contributed by atoms with E-state index in [2.05, 4.69) is 65.2 Å². The molecule has 118 heavy (non-hydrogen) atoms. The molecule has 0 N–H and O–H groups in total. The van der Waals surface area contributed by atoms with Crippen molar-refractivity contribution in [1.29, 1.82) is 0 Å². The Balaban J connectivity index is 4.65. The summed E-state index contributed by atoms with van der Waals surface area (Å²) in [5.74, 6) is 4.11. The first-order valence-corrected chi connectivity index (χ1v) is 51.7. The zero-order chi connectivity index (χ0) is 86.6. The van der Waals surface area contributed by atoms with Gasteiger partial charge in [0.1, 0.15) is 12.2 Å². The molecule has 698 valence electrons. The van der Waals surface area contributed by atoms with Crippen LogP contribution in [0, 0.1) is 35.5 Å². The van der Waals surface area contributed by atoms with Crippen LogP contribution in [0.3, 0.4) is 0 Å². The van der Waals surface area contributed by atoms with Crippen molar-refractivity contribution in [2.24, 2.45) is 35.5 Å². The number of hydrogen-bond donors (Lipinski definition) is 0. The third-order valence-electron chi connectivity index (χ3n) is 25.6. The van der Waals surface area contributed by atoms with Gasteiger partial charge in [-0.05, 0) is 218 Å². The summed E-state index contributed by atoms with van der Waals surface area (Å²) in [6.45, 7) is 22.6. The van der Waals surface area contributed by atoms with Crippen LogP contribution in [0.1, 0.15) is 518 Å². The molecule has 14 heteroatoms. The highest BCUT2D eigenvalue weighted by atomic mass is 16.6. The minimum atomic E-state index is -0.0822. The first kappa shape index (κ1) is 115. The van der Waals surface area contributed by atoms with Gasteiger partial charge in [0.25, 0.3) is 0 Å². The quantitative estimate of drug-likeness (QED) is 0.0321. The highest BCUT2D eigenvalue weighted by molar-refractivity contribution is 5.71. The fraction of sp³-hybridized carbons (Fsp3) is 0.942. The number of carbonyl (C=O) groups excluding carboxylic acids is 6. The Kier molecular flexibility index (Phi) is 84.8. The minimum absolute atomic E-state index is 0.0481. The lowest BCUT2D eigenvalue weighted by Crippen LogP contribution is -2.20. The first-order valence-electron chi connectivity index (χ1n) is 51.7. The molecule has 0 aromatic rings. The largest absolute Gasteiger partial charge is 0.466 e. The maximum Gasteiger partial charge on any atom is 0.306 e. The van der Waals surface area contributed by atoms with Crippen LogP contribution in [0.15, 0.2) is 0 Å². The van der Waals surface area contributed by atoms with Crippen molar-refractivity contribution in [2.45, 2.75) is 530 Å². The molecule has 14 nitrogen and oxygen atoms in total. The molecule has 0 aromatic carbocycles. The maximum atomic E-state index is 12.9. The van der Waals surface area contributed by atoms with Gasteiger partial charge < -0.3 is 38.2 Å². The number of ether oxygens (including phenoxy) is 6. The summed E-state index contributed by atoms with van der Waals surface area (Å²) in [4.78, 5) is 80.7. The molecule has 0 aromatic heterocycles. The Labute approximate surface area is 731 Å². The van der Waals surface area contributed by atoms with Crippen LogP contribution in [-0.2, 0) is 57.2 Å². The topological polar surface area (TPSA) is 164 Å². The second kappa shape index (κ2) is 87.2. The third-order valence-corrected chi connectivity index (χ3v) is 25.6. The van der Waals surface area contributed by atoms with Crippen LogP contribution in [0.4, 0.5) is 0 Å². The number of nitrogens with zero attached hydrogens (tertiary/aromatic N) is 2. The van der Waals surface area contributed by atoms with Crippen molar-refractivity contribution in [3.63, 3.8) is 0 Å². The van der Waals surface area contributed by atoms with E-state index in [9.17, 15) is 28.8 Å². The van der Waals surface area contributed by atoms with Crippen LogP contribution in [0.5, 0.6) is 0 Å². The summed E-state index contributed by atoms with van der Waals surface area (Å²) in [6, 6.07) is 0. The summed E-state index contributed by atoms with van der Waals surface area (Å²) < 4.78 is 35.0. The summed E-state index contributed by atoms with van der Waals surface area (Å²) in [5.41, 5.74) is 0. The maximum absolute atomic E-state index is 12.9. The number of esters is 6. The van der Waals surface area contributed by atoms with E-state index >= 15 is 0 Å². The minimum Gasteiger partial charge on any atom is -0.466 e. The predicted molar refractivity (Wildman–Crippen MR) is 499 cm³/mol. The number of hydrogen-bond acceptors (Lipinski definition) is 14. The van der Waals surface area contributed by atoms with E-state index in [1.54, 1.807) is 0 Å². The Morgan fingerprint density at radius 1 is 0.203 bits per heavy atom. The zero-order valence-corrected chi connectivity index (χ0v) is 80.6. The molecule has 0 radical (unpaired) electrons. The first-order chi connectivity index (χ1) is 57.4. The summed E-state index contributed by atoms with van der Waals surface area (Å²) >= 11 is 0. The molecule has 0 saturated heterocycles. The van der Waals surface area contributed by atoms with Crippen molar-refractivity contribution in [3.05, 3.63) is 0 Å². The van der Waals surface area contributed by atoms with Crippen molar-refractivity contribution >= 4 is 35.8 Å². The average molecular weight is 1670 g/mol. The number of rotatable bonds is 93. The van der Waals surface area contributed by atoms with Crippen molar-refractivity contribution in [3.8, 4) is 0 Å². The van der Waals surface area contributed by atoms with Gasteiger partial charge >= 0.3 is 35.8 Å². The van der Waals surface area contributed by atoms with Crippen LogP contribution < -0.4 is 0 Å². The van der Waals surface area contributed by atoms with Crippen LogP contribution >= 0.6 is 0 Å². The molecule has 0 spiro atoms. The Morgan fingerprint density at radius 3 is 0.644 bits per heavy atom. The molecule has 0 aliphatic heterocycles. The molecule has 0 aliphatic carbocycles. The molecular formula is C104H200N2O12. The Morgan fingerprint density at radius 2 is 0.398 bits per heavy atom. The van der Waals surface area contributed by atoms with Gasteiger partial charge in [0.2, 0.25) is 0 Å². The molecule has 0 amide bonds. The van der Waals surface area contributed by atoms with Gasteiger partial charge in [-0.1, -0.05) is 338 Å².